The van der Waals surface area contributed by atoms with Crippen LogP contribution in [-0.2, 0) is 10.3 Å². The van der Waals surface area contributed by atoms with E-state index in [4.69, 9.17) is 0 Å². The zero-order valence-electron chi connectivity index (χ0n) is 10.7. The van der Waals surface area contributed by atoms with E-state index in [1.807, 2.05) is 25.6 Å². The number of tetrazole rings is 1. The van der Waals surface area contributed by atoms with Crippen LogP contribution in [0.3, 0.4) is 0 Å². The molecule has 1 aromatic rings. The molecular weight excluding hydrogens is 252 g/mol. The Morgan fingerprint density at radius 3 is 2.78 bits per heavy atom. The minimum absolute atomic E-state index is 0.279. The highest BCUT2D eigenvalue weighted by Gasteiger charge is 2.41. The van der Waals surface area contributed by atoms with Gasteiger partial charge < -0.3 is 5.11 Å². The molecule has 0 amide bonds. The van der Waals surface area contributed by atoms with Crippen molar-refractivity contribution in [2.75, 3.05) is 11.5 Å². The van der Waals surface area contributed by atoms with Gasteiger partial charge in [-0.15, -0.1) is 5.10 Å². The molecule has 6 nitrogen and oxygen atoms in total. The monoisotopic (exact) mass is 270 g/mol. The number of aliphatic carboxylic acids is 1. The average molecular weight is 270 g/mol. The molecule has 1 N–H and O–H groups in total. The third-order valence-electron chi connectivity index (χ3n) is 3.76. The SMILES string of the molecule is CCC(CC)(C(=O)O)n1nnnc1C1CCSC1. The van der Waals surface area contributed by atoms with Crippen LogP contribution >= 0.6 is 11.8 Å². The van der Waals surface area contributed by atoms with Crippen molar-refractivity contribution in [3.05, 3.63) is 5.82 Å². The molecule has 7 heteroatoms. The van der Waals surface area contributed by atoms with Gasteiger partial charge in [-0.25, -0.2) is 9.48 Å². The van der Waals surface area contributed by atoms with E-state index in [-0.39, 0.29) is 5.92 Å². The van der Waals surface area contributed by atoms with Crippen LogP contribution in [0.4, 0.5) is 0 Å². The molecule has 1 atom stereocenters. The number of hydrogen-bond donors (Lipinski definition) is 1. The van der Waals surface area contributed by atoms with Crippen molar-refractivity contribution in [1.82, 2.24) is 20.2 Å². The van der Waals surface area contributed by atoms with E-state index in [9.17, 15) is 9.90 Å². The van der Waals surface area contributed by atoms with Crippen LogP contribution in [0.1, 0.15) is 44.9 Å². The Kier molecular flexibility index (Phi) is 3.89. The zero-order chi connectivity index (χ0) is 13.2. The number of carboxylic acids is 1. The van der Waals surface area contributed by atoms with E-state index in [1.165, 1.54) is 0 Å². The number of nitrogens with zero attached hydrogens (tertiary/aromatic N) is 4. The molecule has 100 valence electrons. The lowest BCUT2D eigenvalue weighted by Crippen LogP contribution is -2.43. The van der Waals surface area contributed by atoms with Gasteiger partial charge in [0.05, 0.1) is 0 Å². The van der Waals surface area contributed by atoms with Gasteiger partial charge in [-0.1, -0.05) is 13.8 Å². The zero-order valence-corrected chi connectivity index (χ0v) is 11.5. The standard InChI is InChI=1S/C11H18N4O2S/c1-3-11(4-2,10(16)17)15-9(12-13-14-15)8-5-6-18-7-8/h8H,3-7H2,1-2H3,(H,16,17). The van der Waals surface area contributed by atoms with Gasteiger partial charge in [0.25, 0.3) is 0 Å². The molecular formula is C11H18N4O2S. The van der Waals surface area contributed by atoms with E-state index in [2.05, 4.69) is 15.5 Å². The fourth-order valence-corrected chi connectivity index (χ4v) is 3.65. The van der Waals surface area contributed by atoms with Gasteiger partial charge in [0.1, 0.15) is 0 Å². The highest BCUT2D eigenvalue weighted by molar-refractivity contribution is 7.99. The van der Waals surface area contributed by atoms with Crippen LogP contribution in [0.15, 0.2) is 0 Å². The van der Waals surface area contributed by atoms with Gasteiger partial charge in [0, 0.05) is 11.7 Å². The highest BCUT2D eigenvalue weighted by atomic mass is 32.2. The molecule has 1 aromatic heterocycles. The summed E-state index contributed by atoms with van der Waals surface area (Å²) in [6.45, 7) is 3.74. The molecule has 0 bridgehead atoms. The largest absolute Gasteiger partial charge is 0.479 e. The third kappa shape index (κ3) is 2.00. The molecule has 2 rings (SSSR count). The maximum absolute atomic E-state index is 11.6. The van der Waals surface area contributed by atoms with E-state index >= 15 is 0 Å². The molecule has 2 heterocycles. The van der Waals surface area contributed by atoms with Gasteiger partial charge in [-0.3, -0.25) is 0 Å². The number of hydrogen-bond acceptors (Lipinski definition) is 5. The summed E-state index contributed by atoms with van der Waals surface area (Å²) >= 11 is 1.87. The Bertz CT molecular complexity index is 424. The molecule has 0 aromatic carbocycles. The highest BCUT2D eigenvalue weighted by Crippen LogP contribution is 2.34. The van der Waals surface area contributed by atoms with Crippen molar-refractivity contribution in [2.24, 2.45) is 0 Å². The second-order valence-electron chi connectivity index (χ2n) is 4.55. The lowest BCUT2D eigenvalue weighted by molar-refractivity contribution is -0.149. The van der Waals surface area contributed by atoms with E-state index in [0.717, 1.165) is 23.8 Å². The summed E-state index contributed by atoms with van der Waals surface area (Å²) in [6, 6.07) is 0. The summed E-state index contributed by atoms with van der Waals surface area (Å²) in [7, 11) is 0. The molecule has 1 aliphatic rings. The smallest absolute Gasteiger partial charge is 0.331 e. The molecule has 0 aliphatic carbocycles. The maximum atomic E-state index is 11.6. The first kappa shape index (κ1) is 13.3. The van der Waals surface area contributed by atoms with Gasteiger partial charge >= 0.3 is 5.97 Å². The summed E-state index contributed by atoms with van der Waals surface area (Å²) in [5.41, 5.74) is -1.01. The molecule has 18 heavy (non-hydrogen) atoms. The second-order valence-corrected chi connectivity index (χ2v) is 5.70. The van der Waals surface area contributed by atoms with Crippen molar-refractivity contribution in [1.29, 1.82) is 0 Å². The minimum atomic E-state index is -1.01. The van der Waals surface area contributed by atoms with Crippen molar-refractivity contribution >= 4 is 17.7 Å². The molecule has 1 fully saturated rings. The molecule has 1 unspecified atom stereocenters. The van der Waals surface area contributed by atoms with Crippen molar-refractivity contribution in [3.8, 4) is 0 Å². The topological polar surface area (TPSA) is 80.9 Å². The normalized spacial score (nSPS) is 20.2. The minimum Gasteiger partial charge on any atom is -0.479 e. The lowest BCUT2D eigenvalue weighted by Gasteiger charge is -2.28. The predicted molar refractivity (Wildman–Crippen MR) is 68.7 cm³/mol. The summed E-state index contributed by atoms with van der Waals surface area (Å²) < 4.78 is 1.55. The number of carboxylic acid groups (broad SMARTS) is 1. The van der Waals surface area contributed by atoms with Crippen molar-refractivity contribution in [3.63, 3.8) is 0 Å². The first-order chi connectivity index (χ1) is 8.65. The van der Waals surface area contributed by atoms with Crippen LogP contribution in [0.5, 0.6) is 0 Å². The molecule has 0 radical (unpaired) electrons. The van der Waals surface area contributed by atoms with Crippen LogP contribution in [0, 0.1) is 0 Å². The van der Waals surface area contributed by atoms with Crippen LogP contribution < -0.4 is 0 Å². The number of rotatable bonds is 5. The Morgan fingerprint density at radius 1 is 1.56 bits per heavy atom. The fourth-order valence-electron chi connectivity index (χ4n) is 2.43. The van der Waals surface area contributed by atoms with Crippen LogP contribution in [0.25, 0.3) is 0 Å². The average Bonchev–Trinajstić information content (AvgIpc) is 3.01. The van der Waals surface area contributed by atoms with E-state index < -0.39 is 11.5 Å². The fraction of sp³-hybridized carbons (Fsp3) is 0.818. The van der Waals surface area contributed by atoms with Crippen LogP contribution in [0.2, 0.25) is 0 Å². The first-order valence-electron chi connectivity index (χ1n) is 6.25. The Balaban J connectivity index is 2.42. The van der Waals surface area contributed by atoms with E-state index in [1.54, 1.807) is 4.68 Å². The van der Waals surface area contributed by atoms with Gasteiger partial charge in [0.2, 0.25) is 0 Å². The summed E-state index contributed by atoms with van der Waals surface area (Å²) in [4.78, 5) is 11.6. The summed E-state index contributed by atoms with van der Waals surface area (Å²) in [5, 5.41) is 21.3. The van der Waals surface area contributed by atoms with Crippen LogP contribution in [-0.4, -0.2) is 42.8 Å². The van der Waals surface area contributed by atoms with Gasteiger partial charge in [0.15, 0.2) is 11.4 Å². The Labute approximate surface area is 110 Å². The predicted octanol–water partition coefficient (Wildman–Crippen LogP) is 1.49. The molecule has 1 saturated heterocycles. The van der Waals surface area contributed by atoms with Crippen molar-refractivity contribution < 1.29 is 9.90 Å². The molecule has 0 spiro atoms. The van der Waals surface area contributed by atoms with Gasteiger partial charge in [-0.05, 0) is 35.4 Å². The Morgan fingerprint density at radius 2 is 2.28 bits per heavy atom. The second kappa shape index (κ2) is 5.26. The summed E-state index contributed by atoms with van der Waals surface area (Å²) in [6.07, 6.45) is 1.99. The molecule has 1 aliphatic heterocycles. The lowest BCUT2D eigenvalue weighted by atomic mass is 9.92. The number of carbonyl (C=O) groups is 1. The summed E-state index contributed by atoms with van der Waals surface area (Å²) in [5.74, 6) is 2.22. The Hall–Kier alpha value is -1.11. The van der Waals surface area contributed by atoms with E-state index in [0.29, 0.717) is 12.8 Å². The third-order valence-corrected chi connectivity index (χ3v) is 4.92. The first-order valence-corrected chi connectivity index (χ1v) is 7.41. The number of thioether (sulfide) groups is 1. The van der Waals surface area contributed by atoms with Crippen molar-refractivity contribution in [2.45, 2.75) is 44.6 Å². The number of aromatic nitrogens is 4. The van der Waals surface area contributed by atoms with Gasteiger partial charge in [-0.2, -0.15) is 11.8 Å². The maximum Gasteiger partial charge on any atom is 0.331 e. The quantitative estimate of drug-likeness (QED) is 0.873. The molecule has 0 saturated carbocycles.